The van der Waals surface area contributed by atoms with Gasteiger partial charge in [-0.1, -0.05) is 12.1 Å². The number of hydrogen-bond donors (Lipinski definition) is 2. The average molecular weight is 356 g/mol. The molecule has 0 saturated carbocycles. The van der Waals surface area contributed by atoms with Gasteiger partial charge in [0.05, 0.1) is 12.1 Å². The van der Waals surface area contributed by atoms with E-state index in [0.717, 1.165) is 13.6 Å². The van der Waals surface area contributed by atoms with Crippen LogP contribution in [0.15, 0.2) is 22.7 Å². The van der Waals surface area contributed by atoms with Gasteiger partial charge in [-0.05, 0) is 57.1 Å². The summed E-state index contributed by atoms with van der Waals surface area (Å²) < 4.78 is 2.08. The van der Waals surface area contributed by atoms with Crippen molar-refractivity contribution < 1.29 is 5.11 Å². The summed E-state index contributed by atoms with van der Waals surface area (Å²) in [5.74, 6) is 0. The predicted octanol–water partition coefficient (Wildman–Crippen LogP) is 2.43. The first-order valence-corrected chi connectivity index (χ1v) is 5.78. The van der Waals surface area contributed by atoms with Crippen molar-refractivity contribution in [2.45, 2.75) is 19.1 Å². The van der Waals surface area contributed by atoms with Gasteiger partial charge in [-0.3, -0.25) is 0 Å². The second-order valence-electron chi connectivity index (χ2n) is 2.91. The van der Waals surface area contributed by atoms with E-state index in [0.29, 0.717) is 0 Å². The molecular weight excluding hydrogens is 345 g/mol. The van der Waals surface area contributed by atoms with Crippen molar-refractivity contribution in [3.63, 3.8) is 0 Å². The summed E-state index contributed by atoms with van der Waals surface area (Å²) in [6, 6.07) is 5.51. The molecule has 3 N–H and O–H groups in total. The molecule has 0 aliphatic carbocycles. The van der Waals surface area contributed by atoms with Crippen molar-refractivity contribution >= 4 is 38.5 Å². The first kappa shape index (κ1) is 11.4. The summed E-state index contributed by atoms with van der Waals surface area (Å²) in [7, 11) is 0. The Kier molecular flexibility index (Phi) is 4.15. The van der Waals surface area contributed by atoms with E-state index in [1.54, 1.807) is 6.92 Å². The van der Waals surface area contributed by atoms with Gasteiger partial charge in [0.2, 0.25) is 0 Å². The van der Waals surface area contributed by atoms with Gasteiger partial charge in [-0.15, -0.1) is 0 Å². The molecule has 1 aromatic carbocycles. The molecule has 0 amide bonds. The molecule has 0 saturated heterocycles. The van der Waals surface area contributed by atoms with Gasteiger partial charge in [0.15, 0.2) is 0 Å². The van der Waals surface area contributed by atoms with E-state index in [9.17, 15) is 5.11 Å². The summed E-state index contributed by atoms with van der Waals surface area (Å²) >= 11 is 5.67. The Morgan fingerprint density at radius 2 is 2.15 bits per heavy atom. The fraction of sp³-hybridized carbons (Fsp3) is 0.333. The summed E-state index contributed by atoms with van der Waals surface area (Å²) in [5, 5.41) is 9.34. The van der Waals surface area contributed by atoms with Crippen LogP contribution in [0, 0.1) is 3.57 Å². The molecule has 0 heterocycles. The van der Waals surface area contributed by atoms with E-state index < -0.39 is 6.10 Å². The quantitative estimate of drug-likeness (QED) is 0.800. The Morgan fingerprint density at radius 1 is 1.54 bits per heavy atom. The van der Waals surface area contributed by atoms with Gasteiger partial charge in [0, 0.05) is 8.04 Å². The number of benzene rings is 1. The maximum absolute atomic E-state index is 9.34. The minimum absolute atomic E-state index is 0.330. The monoisotopic (exact) mass is 355 g/mol. The van der Waals surface area contributed by atoms with E-state index >= 15 is 0 Å². The van der Waals surface area contributed by atoms with Crippen LogP contribution >= 0.6 is 38.5 Å². The summed E-state index contributed by atoms with van der Waals surface area (Å²) in [6.07, 6.45) is -0.533. The zero-order chi connectivity index (χ0) is 10.0. The lowest BCUT2D eigenvalue weighted by atomic mass is 10.0. The molecule has 13 heavy (non-hydrogen) atoms. The van der Waals surface area contributed by atoms with E-state index in [1.807, 2.05) is 18.2 Å². The smallest absolute Gasteiger partial charge is 0.0705 e. The zero-order valence-corrected chi connectivity index (χ0v) is 10.9. The lowest BCUT2D eigenvalue weighted by molar-refractivity contribution is 0.164. The van der Waals surface area contributed by atoms with Gasteiger partial charge in [-0.2, -0.15) is 0 Å². The van der Waals surface area contributed by atoms with Crippen LogP contribution in [0.25, 0.3) is 0 Å². The summed E-state index contributed by atoms with van der Waals surface area (Å²) in [4.78, 5) is 0. The fourth-order valence-corrected chi connectivity index (χ4v) is 2.09. The third-order valence-electron chi connectivity index (χ3n) is 1.86. The summed E-state index contributed by atoms with van der Waals surface area (Å²) in [6.45, 7) is 1.69. The first-order valence-electron chi connectivity index (χ1n) is 3.91. The topological polar surface area (TPSA) is 46.2 Å². The van der Waals surface area contributed by atoms with E-state index in [2.05, 4.69) is 38.5 Å². The Hall–Kier alpha value is 0.350. The molecule has 0 radical (unpaired) electrons. The standard InChI is InChI=1S/C9H11BrINO/c1-5(13)9(12)6-3-2-4-7(11)8(6)10/h2-5,9,13H,12H2,1H3/t5-,9-/m0/s1. The first-order chi connectivity index (χ1) is 6.04. The molecule has 1 aromatic rings. The molecule has 0 aliphatic heterocycles. The van der Waals surface area contributed by atoms with Gasteiger partial charge in [0.25, 0.3) is 0 Å². The van der Waals surface area contributed by atoms with Gasteiger partial charge >= 0.3 is 0 Å². The Bertz CT molecular complexity index is 304. The maximum atomic E-state index is 9.34. The van der Waals surface area contributed by atoms with Crippen LogP contribution in [0.2, 0.25) is 0 Å². The molecule has 0 aliphatic rings. The number of rotatable bonds is 2. The van der Waals surface area contributed by atoms with Crippen LogP contribution in [0.3, 0.4) is 0 Å². The van der Waals surface area contributed by atoms with Crippen LogP contribution in [-0.4, -0.2) is 11.2 Å². The van der Waals surface area contributed by atoms with E-state index in [4.69, 9.17) is 5.73 Å². The van der Waals surface area contributed by atoms with E-state index in [-0.39, 0.29) is 6.04 Å². The van der Waals surface area contributed by atoms with Gasteiger partial charge in [0.1, 0.15) is 0 Å². The summed E-state index contributed by atoms with van der Waals surface area (Å²) in [5.41, 5.74) is 6.77. The largest absolute Gasteiger partial charge is 0.391 e. The number of aliphatic hydroxyl groups excluding tert-OH is 1. The molecule has 72 valence electrons. The lowest BCUT2D eigenvalue weighted by Crippen LogP contribution is -2.23. The molecule has 2 nitrogen and oxygen atoms in total. The van der Waals surface area contributed by atoms with Crippen LogP contribution in [0.1, 0.15) is 18.5 Å². The second-order valence-corrected chi connectivity index (χ2v) is 4.86. The molecular formula is C9H11BrINO. The molecule has 2 atom stereocenters. The average Bonchev–Trinajstić information content (AvgIpc) is 2.08. The normalized spacial score (nSPS) is 15.5. The van der Waals surface area contributed by atoms with Gasteiger partial charge in [-0.25, -0.2) is 0 Å². The molecule has 0 unspecified atom stereocenters. The Labute approximate surface area is 99.8 Å². The van der Waals surface area contributed by atoms with Crippen molar-refractivity contribution in [2.24, 2.45) is 5.73 Å². The highest BCUT2D eigenvalue weighted by Crippen LogP contribution is 2.28. The minimum atomic E-state index is -0.533. The number of aliphatic hydroxyl groups is 1. The van der Waals surface area contributed by atoms with Crippen molar-refractivity contribution in [1.82, 2.24) is 0 Å². The third-order valence-corrected chi connectivity index (χ3v) is 4.39. The predicted molar refractivity (Wildman–Crippen MR) is 65.5 cm³/mol. The van der Waals surface area contributed by atoms with Crippen LogP contribution in [-0.2, 0) is 0 Å². The molecule has 1 rings (SSSR count). The zero-order valence-electron chi connectivity index (χ0n) is 7.17. The second kappa shape index (κ2) is 4.72. The SMILES string of the molecule is C[C@H](O)[C@H](N)c1cccc(I)c1Br. The Balaban J connectivity index is 3.07. The molecule has 0 spiro atoms. The number of hydrogen-bond acceptors (Lipinski definition) is 2. The van der Waals surface area contributed by atoms with E-state index in [1.165, 1.54) is 0 Å². The van der Waals surface area contributed by atoms with Crippen molar-refractivity contribution in [1.29, 1.82) is 0 Å². The van der Waals surface area contributed by atoms with Crippen LogP contribution in [0.4, 0.5) is 0 Å². The van der Waals surface area contributed by atoms with Crippen molar-refractivity contribution in [3.8, 4) is 0 Å². The third kappa shape index (κ3) is 2.65. The highest BCUT2D eigenvalue weighted by Gasteiger charge is 2.15. The minimum Gasteiger partial charge on any atom is -0.391 e. The van der Waals surface area contributed by atoms with Crippen LogP contribution < -0.4 is 5.73 Å². The fourth-order valence-electron chi connectivity index (χ4n) is 1.04. The highest BCUT2D eigenvalue weighted by atomic mass is 127. The molecule has 4 heteroatoms. The van der Waals surface area contributed by atoms with Gasteiger partial charge < -0.3 is 10.8 Å². The Morgan fingerprint density at radius 3 is 2.69 bits per heavy atom. The number of nitrogens with two attached hydrogens (primary N) is 1. The molecule has 0 bridgehead atoms. The highest BCUT2D eigenvalue weighted by molar-refractivity contribution is 14.1. The maximum Gasteiger partial charge on any atom is 0.0705 e. The molecule has 0 fully saturated rings. The number of halogens is 2. The molecule has 0 aromatic heterocycles. The van der Waals surface area contributed by atoms with Crippen LogP contribution in [0.5, 0.6) is 0 Å². The van der Waals surface area contributed by atoms with Crippen molar-refractivity contribution in [2.75, 3.05) is 0 Å². The van der Waals surface area contributed by atoms with Crippen molar-refractivity contribution in [3.05, 3.63) is 31.8 Å². The lowest BCUT2D eigenvalue weighted by Gasteiger charge is -2.17.